The van der Waals surface area contributed by atoms with Crippen LogP contribution in [0.5, 0.6) is 5.75 Å². The molecule has 84 valence electrons. The van der Waals surface area contributed by atoms with Crippen molar-refractivity contribution in [2.24, 2.45) is 5.92 Å². The Kier molecular flexibility index (Phi) is 4.43. The van der Waals surface area contributed by atoms with E-state index >= 15 is 0 Å². The van der Waals surface area contributed by atoms with Gasteiger partial charge in [0, 0.05) is 18.8 Å². The van der Waals surface area contributed by atoms with Crippen molar-refractivity contribution >= 4 is 5.69 Å². The van der Waals surface area contributed by atoms with Crippen LogP contribution in [0, 0.1) is 12.8 Å². The van der Waals surface area contributed by atoms with Crippen molar-refractivity contribution in [1.29, 1.82) is 0 Å². The molecular weight excluding hydrogens is 190 g/mol. The molecule has 0 amide bonds. The highest BCUT2D eigenvalue weighted by atomic mass is 16.5. The summed E-state index contributed by atoms with van der Waals surface area (Å²) in [7, 11) is 1.66. The molecule has 0 saturated carbocycles. The number of ether oxygens (including phenoxy) is 1. The van der Waals surface area contributed by atoms with E-state index in [4.69, 9.17) is 9.84 Å². The highest BCUT2D eigenvalue weighted by Crippen LogP contribution is 2.21. The Bertz CT molecular complexity index is 312. The van der Waals surface area contributed by atoms with Crippen LogP contribution in [0.15, 0.2) is 18.2 Å². The second kappa shape index (κ2) is 5.61. The SMILES string of the molecule is COc1ccc(NCC(C)CO)c(C)c1. The van der Waals surface area contributed by atoms with Gasteiger partial charge >= 0.3 is 0 Å². The number of methoxy groups -OCH3 is 1. The van der Waals surface area contributed by atoms with Gasteiger partial charge in [-0.25, -0.2) is 0 Å². The lowest BCUT2D eigenvalue weighted by molar-refractivity contribution is 0.244. The molecule has 1 rings (SSSR count). The van der Waals surface area contributed by atoms with Gasteiger partial charge in [0.2, 0.25) is 0 Å². The molecule has 0 heterocycles. The molecule has 2 N–H and O–H groups in total. The molecule has 0 aliphatic rings. The van der Waals surface area contributed by atoms with Crippen LogP contribution in [0.3, 0.4) is 0 Å². The van der Waals surface area contributed by atoms with Crippen LogP contribution in [0.4, 0.5) is 5.69 Å². The first kappa shape index (κ1) is 11.9. The smallest absolute Gasteiger partial charge is 0.119 e. The Balaban J connectivity index is 2.62. The fourth-order valence-electron chi connectivity index (χ4n) is 1.31. The Labute approximate surface area is 91.1 Å². The van der Waals surface area contributed by atoms with Gasteiger partial charge < -0.3 is 15.2 Å². The lowest BCUT2D eigenvalue weighted by Crippen LogP contribution is -2.14. The monoisotopic (exact) mass is 209 g/mol. The van der Waals surface area contributed by atoms with Crippen molar-refractivity contribution < 1.29 is 9.84 Å². The molecule has 0 aliphatic carbocycles. The minimum Gasteiger partial charge on any atom is -0.497 e. The van der Waals surface area contributed by atoms with Crippen LogP contribution in [0.1, 0.15) is 12.5 Å². The molecule has 0 radical (unpaired) electrons. The number of hydrogen-bond acceptors (Lipinski definition) is 3. The van der Waals surface area contributed by atoms with Crippen molar-refractivity contribution in [1.82, 2.24) is 0 Å². The predicted octanol–water partition coefficient (Wildman–Crippen LogP) is 2.04. The minimum atomic E-state index is 0.211. The maximum atomic E-state index is 8.90. The summed E-state index contributed by atoms with van der Waals surface area (Å²) in [6.45, 7) is 5.03. The van der Waals surface area contributed by atoms with Crippen LogP contribution in [-0.4, -0.2) is 25.4 Å². The molecule has 0 aliphatic heterocycles. The third-order valence-electron chi connectivity index (χ3n) is 2.39. The van der Waals surface area contributed by atoms with Crippen molar-refractivity contribution in [2.45, 2.75) is 13.8 Å². The number of hydrogen-bond donors (Lipinski definition) is 2. The molecule has 0 fully saturated rings. The molecule has 0 spiro atoms. The molecule has 0 saturated heterocycles. The van der Waals surface area contributed by atoms with Gasteiger partial charge in [0.1, 0.15) is 5.75 Å². The summed E-state index contributed by atoms with van der Waals surface area (Å²) in [5.74, 6) is 1.14. The van der Waals surface area contributed by atoms with Crippen LogP contribution in [0.2, 0.25) is 0 Å². The van der Waals surface area contributed by atoms with Crippen LogP contribution in [0.25, 0.3) is 0 Å². The molecular formula is C12H19NO2. The maximum absolute atomic E-state index is 8.90. The second-order valence-corrected chi connectivity index (χ2v) is 3.85. The fourth-order valence-corrected chi connectivity index (χ4v) is 1.31. The Morgan fingerprint density at radius 2 is 2.20 bits per heavy atom. The average molecular weight is 209 g/mol. The van der Waals surface area contributed by atoms with Gasteiger partial charge in [0.25, 0.3) is 0 Å². The highest BCUT2D eigenvalue weighted by Gasteiger charge is 2.02. The maximum Gasteiger partial charge on any atom is 0.119 e. The summed E-state index contributed by atoms with van der Waals surface area (Å²) in [6, 6.07) is 5.92. The van der Waals surface area contributed by atoms with Crippen molar-refractivity contribution in [3.8, 4) is 5.75 Å². The van der Waals surface area contributed by atoms with E-state index in [0.717, 1.165) is 23.5 Å². The lowest BCUT2D eigenvalue weighted by atomic mass is 10.1. The molecule has 1 unspecified atom stereocenters. The van der Waals surface area contributed by atoms with E-state index in [9.17, 15) is 0 Å². The standard InChI is InChI=1S/C12H19NO2/c1-9(8-14)7-13-12-5-4-11(15-3)6-10(12)2/h4-6,9,13-14H,7-8H2,1-3H3. The van der Waals surface area contributed by atoms with E-state index in [2.05, 4.69) is 5.32 Å². The van der Waals surface area contributed by atoms with E-state index < -0.39 is 0 Å². The first-order valence-electron chi connectivity index (χ1n) is 5.16. The number of aliphatic hydroxyl groups excluding tert-OH is 1. The lowest BCUT2D eigenvalue weighted by Gasteiger charge is -2.13. The van der Waals surface area contributed by atoms with Gasteiger partial charge in [-0.05, 0) is 36.6 Å². The largest absolute Gasteiger partial charge is 0.497 e. The summed E-state index contributed by atoms with van der Waals surface area (Å²) in [5.41, 5.74) is 2.25. The molecule has 0 bridgehead atoms. The zero-order chi connectivity index (χ0) is 11.3. The second-order valence-electron chi connectivity index (χ2n) is 3.85. The molecule has 1 aromatic carbocycles. The third-order valence-corrected chi connectivity index (χ3v) is 2.39. The van der Waals surface area contributed by atoms with E-state index in [1.54, 1.807) is 7.11 Å². The summed E-state index contributed by atoms with van der Waals surface area (Å²) in [5, 5.41) is 12.2. The zero-order valence-electron chi connectivity index (χ0n) is 9.58. The fraction of sp³-hybridized carbons (Fsp3) is 0.500. The highest BCUT2D eigenvalue weighted by molar-refractivity contribution is 5.53. The topological polar surface area (TPSA) is 41.5 Å². The number of aliphatic hydroxyl groups is 1. The van der Waals surface area contributed by atoms with Gasteiger partial charge in [-0.3, -0.25) is 0 Å². The van der Waals surface area contributed by atoms with E-state index in [1.165, 1.54) is 0 Å². The molecule has 0 aromatic heterocycles. The van der Waals surface area contributed by atoms with Gasteiger partial charge in [-0.15, -0.1) is 0 Å². The van der Waals surface area contributed by atoms with E-state index in [-0.39, 0.29) is 12.5 Å². The van der Waals surface area contributed by atoms with Crippen molar-refractivity contribution in [3.63, 3.8) is 0 Å². The summed E-state index contributed by atoms with van der Waals surface area (Å²) < 4.78 is 5.13. The predicted molar refractivity (Wildman–Crippen MR) is 62.5 cm³/mol. The molecule has 1 atom stereocenters. The molecule has 15 heavy (non-hydrogen) atoms. The first-order valence-corrected chi connectivity index (χ1v) is 5.16. The molecule has 3 nitrogen and oxygen atoms in total. The first-order chi connectivity index (χ1) is 7.17. The summed E-state index contributed by atoms with van der Waals surface area (Å²) in [4.78, 5) is 0. The average Bonchev–Trinajstić information content (AvgIpc) is 2.26. The number of nitrogens with one attached hydrogen (secondary N) is 1. The van der Waals surface area contributed by atoms with E-state index in [0.29, 0.717) is 0 Å². The normalized spacial score (nSPS) is 12.3. The van der Waals surface area contributed by atoms with Crippen LogP contribution >= 0.6 is 0 Å². The Hall–Kier alpha value is -1.22. The van der Waals surface area contributed by atoms with E-state index in [1.807, 2.05) is 32.0 Å². The quantitative estimate of drug-likeness (QED) is 0.779. The van der Waals surface area contributed by atoms with Gasteiger partial charge in [-0.1, -0.05) is 6.92 Å². The number of anilines is 1. The molecule has 3 heteroatoms. The third kappa shape index (κ3) is 3.44. The van der Waals surface area contributed by atoms with Gasteiger partial charge in [-0.2, -0.15) is 0 Å². The zero-order valence-corrected chi connectivity index (χ0v) is 9.58. The minimum absolute atomic E-state index is 0.211. The Morgan fingerprint density at radius 1 is 1.47 bits per heavy atom. The van der Waals surface area contributed by atoms with Gasteiger partial charge in [0.05, 0.1) is 7.11 Å². The number of benzene rings is 1. The summed E-state index contributed by atoms with van der Waals surface area (Å²) in [6.07, 6.45) is 0. The number of aryl methyl sites for hydroxylation is 1. The Morgan fingerprint density at radius 3 is 2.73 bits per heavy atom. The van der Waals surface area contributed by atoms with Crippen LogP contribution < -0.4 is 10.1 Å². The summed E-state index contributed by atoms with van der Waals surface area (Å²) >= 11 is 0. The van der Waals surface area contributed by atoms with Crippen molar-refractivity contribution in [3.05, 3.63) is 23.8 Å². The van der Waals surface area contributed by atoms with Crippen molar-refractivity contribution in [2.75, 3.05) is 25.6 Å². The molecule has 1 aromatic rings. The van der Waals surface area contributed by atoms with Gasteiger partial charge in [0.15, 0.2) is 0 Å². The van der Waals surface area contributed by atoms with Crippen LogP contribution in [-0.2, 0) is 0 Å². The number of rotatable bonds is 5.